The zero-order valence-electron chi connectivity index (χ0n) is 11.4. The molecule has 0 bridgehead atoms. The third-order valence-corrected chi connectivity index (χ3v) is 4.32. The fourth-order valence-corrected chi connectivity index (χ4v) is 3.16. The predicted octanol–water partition coefficient (Wildman–Crippen LogP) is 3.42. The Morgan fingerprint density at radius 3 is 2.68 bits per heavy atom. The molecule has 0 spiro atoms. The van der Waals surface area contributed by atoms with Crippen LogP contribution in [0.25, 0.3) is 0 Å². The van der Waals surface area contributed by atoms with Crippen molar-refractivity contribution in [2.45, 2.75) is 36.2 Å². The van der Waals surface area contributed by atoms with Crippen molar-refractivity contribution in [3.8, 4) is 0 Å². The molecular weight excluding hydrogens is 278 g/mol. The molecule has 0 aliphatic carbocycles. The standard InChI is InChI=1S/C14H18ClN3S/c1-9(16)6-11-4-5-13(12(15)8-11)19-14-7-10(2)17-18(14)3/h4-5,7-9H,6,16H2,1-3H3. The molecule has 0 saturated carbocycles. The monoisotopic (exact) mass is 295 g/mol. The van der Waals surface area contributed by atoms with Gasteiger partial charge < -0.3 is 5.73 Å². The highest BCUT2D eigenvalue weighted by atomic mass is 35.5. The average molecular weight is 296 g/mol. The Morgan fingerprint density at radius 1 is 1.42 bits per heavy atom. The van der Waals surface area contributed by atoms with Gasteiger partial charge in [-0.15, -0.1) is 0 Å². The van der Waals surface area contributed by atoms with Crippen LogP contribution in [0.15, 0.2) is 34.2 Å². The lowest BCUT2D eigenvalue weighted by molar-refractivity contribution is 0.692. The van der Waals surface area contributed by atoms with E-state index in [2.05, 4.69) is 17.2 Å². The maximum absolute atomic E-state index is 6.33. The van der Waals surface area contributed by atoms with Crippen LogP contribution in [-0.4, -0.2) is 15.8 Å². The third-order valence-electron chi connectivity index (χ3n) is 2.73. The van der Waals surface area contributed by atoms with Gasteiger partial charge in [-0.3, -0.25) is 4.68 Å². The largest absolute Gasteiger partial charge is 0.328 e. The molecule has 0 fully saturated rings. The van der Waals surface area contributed by atoms with E-state index < -0.39 is 0 Å². The smallest absolute Gasteiger partial charge is 0.0987 e. The Hall–Kier alpha value is -0.970. The lowest BCUT2D eigenvalue weighted by Crippen LogP contribution is -2.17. The summed E-state index contributed by atoms with van der Waals surface area (Å²) in [6.07, 6.45) is 0.843. The second-order valence-corrected chi connectivity index (χ2v) is 6.27. The summed E-state index contributed by atoms with van der Waals surface area (Å²) in [5.74, 6) is 0. The SMILES string of the molecule is Cc1cc(Sc2ccc(CC(C)N)cc2Cl)n(C)n1. The molecule has 102 valence electrons. The number of aryl methyl sites for hydroxylation is 2. The molecule has 1 atom stereocenters. The number of aromatic nitrogens is 2. The number of halogens is 1. The topological polar surface area (TPSA) is 43.8 Å². The van der Waals surface area contributed by atoms with Crippen molar-refractivity contribution in [3.63, 3.8) is 0 Å². The average Bonchev–Trinajstić information content (AvgIpc) is 2.60. The third kappa shape index (κ3) is 3.75. The highest BCUT2D eigenvalue weighted by Gasteiger charge is 2.09. The first-order chi connectivity index (χ1) is 8.95. The quantitative estimate of drug-likeness (QED) is 0.940. The van der Waals surface area contributed by atoms with Crippen LogP contribution in [0.3, 0.4) is 0 Å². The molecule has 19 heavy (non-hydrogen) atoms. The second-order valence-electron chi connectivity index (χ2n) is 4.80. The minimum Gasteiger partial charge on any atom is -0.328 e. The minimum atomic E-state index is 0.147. The summed E-state index contributed by atoms with van der Waals surface area (Å²) in [6.45, 7) is 3.98. The molecule has 0 aliphatic rings. The number of nitrogens with two attached hydrogens (primary N) is 1. The molecule has 1 unspecified atom stereocenters. The van der Waals surface area contributed by atoms with Crippen LogP contribution in [0.2, 0.25) is 5.02 Å². The van der Waals surface area contributed by atoms with Crippen LogP contribution in [0, 0.1) is 6.92 Å². The highest BCUT2D eigenvalue weighted by Crippen LogP contribution is 2.34. The van der Waals surface area contributed by atoms with Gasteiger partial charge in [-0.2, -0.15) is 5.10 Å². The molecule has 3 nitrogen and oxygen atoms in total. The van der Waals surface area contributed by atoms with Gasteiger partial charge in [-0.1, -0.05) is 29.4 Å². The van der Waals surface area contributed by atoms with Crippen molar-refractivity contribution < 1.29 is 0 Å². The molecule has 0 amide bonds. The Labute approximate surface area is 123 Å². The fourth-order valence-electron chi connectivity index (χ4n) is 1.92. The Bertz CT molecular complexity index is 578. The first kappa shape index (κ1) is 14.4. The molecule has 2 rings (SSSR count). The van der Waals surface area contributed by atoms with E-state index in [1.807, 2.05) is 37.7 Å². The van der Waals surface area contributed by atoms with Gasteiger partial charge in [0.1, 0.15) is 0 Å². The van der Waals surface area contributed by atoms with Crippen molar-refractivity contribution in [1.29, 1.82) is 0 Å². The maximum atomic E-state index is 6.33. The lowest BCUT2D eigenvalue weighted by Gasteiger charge is -2.09. The second kappa shape index (κ2) is 5.99. The van der Waals surface area contributed by atoms with Gasteiger partial charge in [0, 0.05) is 18.0 Å². The predicted molar refractivity (Wildman–Crippen MR) is 80.9 cm³/mol. The van der Waals surface area contributed by atoms with E-state index in [1.165, 1.54) is 5.56 Å². The van der Waals surface area contributed by atoms with Gasteiger partial charge in [0.15, 0.2) is 0 Å². The van der Waals surface area contributed by atoms with Crippen LogP contribution < -0.4 is 5.73 Å². The fraction of sp³-hybridized carbons (Fsp3) is 0.357. The minimum absolute atomic E-state index is 0.147. The van der Waals surface area contributed by atoms with Gasteiger partial charge in [0.05, 0.1) is 15.7 Å². The normalized spacial score (nSPS) is 12.7. The van der Waals surface area contributed by atoms with Gasteiger partial charge >= 0.3 is 0 Å². The van der Waals surface area contributed by atoms with Crippen molar-refractivity contribution in [2.24, 2.45) is 12.8 Å². The van der Waals surface area contributed by atoms with Crippen LogP contribution in [0.4, 0.5) is 0 Å². The Balaban J connectivity index is 2.19. The molecule has 1 aromatic heterocycles. The Morgan fingerprint density at radius 2 is 2.16 bits per heavy atom. The molecule has 5 heteroatoms. The van der Waals surface area contributed by atoms with Crippen LogP contribution in [0.1, 0.15) is 18.2 Å². The highest BCUT2D eigenvalue weighted by molar-refractivity contribution is 7.99. The molecule has 1 aromatic carbocycles. The zero-order valence-corrected chi connectivity index (χ0v) is 12.9. The molecular formula is C14H18ClN3S. The molecule has 0 radical (unpaired) electrons. The summed E-state index contributed by atoms with van der Waals surface area (Å²) >= 11 is 7.96. The van der Waals surface area contributed by atoms with Gasteiger partial charge in [0.2, 0.25) is 0 Å². The number of hydrogen-bond donors (Lipinski definition) is 1. The molecule has 0 aliphatic heterocycles. The zero-order chi connectivity index (χ0) is 14.0. The van der Waals surface area contributed by atoms with Crippen LogP contribution in [0.5, 0.6) is 0 Å². The summed E-state index contributed by atoms with van der Waals surface area (Å²) in [5.41, 5.74) is 7.98. The van der Waals surface area contributed by atoms with Gasteiger partial charge in [0.25, 0.3) is 0 Å². The van der Waals surface area contributed by atoms with E-state index in [1.54, 1.807) is 11.8 Å². The van der Waals surface area contributed by atoms with Crippen LogP contribution >= 0.6 is 23.4 Å². The Kier molecular flexibility index (Phi) is 4.55. The number of hydrogen-bond acceptors (Lipinski definition) is 3. The van der Waals surface area contributed by atoms with E-state index in [4.69, 9.17) is 17.3 Å². The summed E-state index contributed by atoms with van der Waals surface area (Å²) in [5, 5.41) is 6.18. The molecule has 2 aromatic rings. The van der Waals surface area contributed by atoms with E-state index in [9.17, 15) is 0 Å². The summed E-state index contributed by atoms with van der Waals surface area (Å²) in [4.78, 5) is 1.04. The van der Waals surface area contributed by atoms with E-state index >= 15 is 0 Å². The molecule has 1 heterocycles. The number of nitrogens with zero attached hydrogens (tertiary/aromatic N) is 2. The molecule has 0 saturated heterocycles. The summed E-state index contributed by atoms with van der Waals surface area (Å²) in [6, 6.07) is 8.33. The molecule has 2 N–H and O–H groups in total. The van der Waals surface area contributed by atoms with Crippen LogP contribution in [-0.2, 0) is 13.5 Å². The van der Waals surface area contributed by atoms with E-state index in [-0.39, 0.29) is 6.04 Å². The van der Waals surface area contributed by atoms with E-state index in [0.717, 1.165) is 27.1 Å². The van der Waals surface area contributed by atoms with Crippen molar-refractivity contribution in [3.05, 3.63) is 40.5 Å². The van der Waals surface area contributed by atoms with Crippen molar-refractivity contribution in [2.75, 3.05) is 0 Å². The van der Waals surface area contributed by atoms with E-state index in [0.29, 0.717) is 0 Å². The number of benzene rings is 1. The number of rotatable bonds is 4. The maximum Gasteiger partial charge on any atom is 0.0987 e. The first-order valence-electron chi connectivity index (χ1n) is 6.18. The van der Waals surface area contributed by atoms with Crippen molar-refractivity contribution >= 4 is 23.4 Å². The van der Waals surface area contributed by atoms with Crippen molar-refractivity contribution in [1.82, 2.24) is 9.78 Å². The van der Waals surface area contributed by atoms with Gasteiger partial charge in [-0.25, -0.2) is 0 Å². The summed E-state index contributed by atoms with van der Waals surface area (Å²) < 4.78 is 1.87. The van der Waals surface area contributed by atoms with Gasteiger partial charge in [-0.05, 0) is 44.0 Å². The lowest BCUT2D eigenvalue weighted by atomic mass is 10.1. The summed E-state index contributed by atoms with van der Waals surface area (Å²) in [7, 11) is 1.94. The first-order valence-corrected chi connectivity index (χ1v) is 7.37.